The van der Waals surface area contributed by atoms with Crippen molar-refractivity contribution in [3.05, 3.63) is 59.8 Å². The molecular formula is C24H32N4O2. The fourth-order valence-corrected chi connectivity index (χ4v) is 4.56. The van der Waals surface area contributed by atoms with Crippen molar-refractivity contribution < 1.29 is 9.53 Å². The van der Waals surface area contributed by atoms with Gasteiger partial charge in [-0.15, -0.1) is 0 Å². The van der Waals surface area contributed by atoms with Crippen LogP contribution in [0.5, 0.6) is 0 Å². The number of pyridine rings is 1. The minimum atomic E-state index is 0.156. The van der Waals surface area contributed by atoms with E-state index in [0.717, 1.165) is 69.2 Å². The van der Waals surface area contributed by atoms with Gasteiger partial charge in [-0.2, -0.15) is 0 Å². The van der Waals surface area contributed by atoms with E-state index in [9.17, 15) is 4.79 Å². The number of aromatic nitrogens is 1. The zero-order valence-corrected chi connectivity index (χ0v) is 17.9. The molecule has 0 radical (unpaired) electrons. The summed E-state index contributed by atoms with van der Waals surface area (Å²) < 4.78 is 5.16. The zero-order valence-electron chi connectivity index (χ0n) is 17.9. The molecule has 2 fully saturated rings. The summed E-state index contributed by atoms with van der Waals surface area (Å²) in [5.74, 6) is 1.78. The molecular weight excluding hydrogens is 376 g/mol. The number of hydrogen-bond acceptors (Lipinski definition) is 5. The third kappa shape index (κ3) is 5.18. The molecule has 30 heavy (non-hydrogen) atoms. The van der Waals surface area contributed by atoms with Gasteiger partial charge in [0.15, 0.2) is 0 Å². The Bertz CT molecular complexity index is 804. The summed E-state index contributed by atoms with van der Waals surface area (Å²) in [4.78, 5) is 24.4. The summed E-state index contributed by atoms with van der Waals surface area (Å²) in [6.07, 6.45) is 4.16. The van der Waals surface area contributed by atoms with E-state index in [4.69, 9.17) is 4.74 Å². The molecule has 2 saturated heterocycles. The van der Waals surface area contributed by atoms with Gasteiger partial charge in [-0.1, -0.05) is 18.2 Å². The van der Waals surface area contributed by atoms with Crippen LogP contribution in [0.25, 0.3) is 0 Å². The summed E-state index contributed by atoms with van der Waals surface area (Å²) in [7, 11) is 1.69. The summed E-state index contributed by atoms with van der Waals surface area (Å²) in [5, 5.41) is 0. The lowest BCUT2D eigenvalue weighted by Gasteiger charge is -2.39. The predicted octanol–water partition coefficient (Wildman–Crippen LogP) is 2.90. The van der Waals surface area contributed by atoms with Crippen molar-refractivity contribution >= 4 is 11.7 Å². The van der Waals surface area contributed by atoms with E-state index in [1.807, 2.05) is 47.5 Å². The summed E-state index contributed by atoms with van der Waals surface area (Å²) in [5.41, 5.74) is 1.87. The Morgan fingerprint density at radius 2 is 1.87 bits per heavy atom. The van der Waals surface area contributed by atoms with Crippen molar-refractivity contribution in [3.63, 3.8) is 0 Å². The average Bonchev–Trinajstić information content (AvgIpc) is 2.81. The lowest BCUT2D eigenvalue weighted by molar-refractivity contribution is 0.0637. The molecule has 160 valence electrons. The monoisotopic (exact) mass is 408 g/mol. The smallest absolute Gasteiger partial charge is 0.253 e. The van der Waals surface area contributed by atoms with Crippen molar-refractivity contribution in [2.75, 3.05) is 57.8 Å². The van der Waals surface area contributed by atoms with Crippen molar-refractivity contribution in [2.45, 2.75) is 19.4 Å². The zero-order chi connectivity index (χ0) is 20.8. The quantitative estimate of drug-likeness (QED) is 0.736. The molecule has 0 spiro atoms. The molecule has 0 bridgehead atoms. The van der Waals surface area contributed by atoms with E-state index in [2.05, 4.69) is 20.9 Å². The Kier molecular flexibility index (Phi) is 6.97. The van der Waals surface area contributed by atoms with Gasteiger partial charge < -0.3 is 14.5 Å². The first-order valence-corrected chi connectivity index (χ1v) is 11.0. The Labute approximate surface area is 179 Å². The van der Waals surface area contributed by atoms with Gasteiger partial charge in [-0.05, 0) is 48.6 Å². The van der Waals surface area contributed by atoms with Crippen LogP contribution in [0.3, 0.4) is 0 Å². The number of nitrogens with zero attached hydrogens (tertiary/aromatic N) is 4. The van der Waals surface area contributed by atoms with Gasteiger partial charge in [0, 0.05) is 64.7 Å². The van der Waals surface area contributed by atoms with E-state index < -0.39 is 0 Å². The molecule has 0 N–H and O–H groups in total. The van der Waals surface area contributed by atoms with Crippen LogP contribution in [-0.2, 0) is 11.3 Å². The van der Waals surface area contributed by atoms with E-state index in [1.54, 1.807) is 7.11 Å². The van der Waals surface area contributed by atoms with Crippen LogP contribution in [0.15, 0.2) is 48.7 Å². The predicted molar refractivity (Wildman–Crippen MR) is 119 cm³/mol. The SMILES string of the molecule is COCc1ccc(C(=O)N2CCCC(CN3CCN(c4ccccn4)CC3)C2)cc1. The second-order valence-corrected chi connectivity index (χ2v) is 8.36. The largest absolute Gasteiger partial charge is 0.380 e. The number of methoxy groups -OCH3 is 1. The molecule has 1 aromatic carbocycles. The van der Waals surface area contributed by atoms with Crippen LogP contribution in [-0.4, -0.2) is 73.6 Å². The molecule has 1 amide bonds. The van der Waals surface area contributed by atoms with Crippen molar-refractivity contribution in [2.24, 2.45) is 5.92 Å². The van der Waals surface area contributed by atoms with Crippen molar-refractivity contribution in [3.8, 4) is 0 Å². The maximum absolute atomic E-state index is 13.0. The minimum absolute atomic E-state index is 0.156. The van der Waals surface area contributed by atoms with E-state index in [-0.39, 0.29) is 5.91 Å². The Morgan fingerprint density at radius 3 is 2.57 bits per heavy atom. The van der Waals surface area contributed by atoms with Crippen LogP contribution in [0.2, 0.25) is 0 Å². The van der Waals surface area contributed by atoms with Gasteiger partial charge in [0.25, 0.3) is 5.91 Å². The number of anilines is 1. The third-order valence-electron chi connectivity index (χ3n) is 6.18. The fraction of sp³-hybridized carbons (Fsp3) is 0.500. The Morgan fingerprint density at radius 1 is 1.07 bits per heavy atom. The Balaban J connectivity index is 1.27. The van der Waals surface area contributed by atoms with Crippen LogP contribution < -0.4 is 4.90 Å². The molecule has 0 saturated carbocycles. The van der Waals surface area contributed by atoms with E-state index in [0.29, 0.717) is 12.5 Å². The number of ether oxygens (including phenoxy) is 1. The molecule has 1 aromatic heterocycles. The molecule has 4 rings (SSSR count). The molecule has 1 unspecified atom stereocenters. The molecule has 2 aliphatic heterocycles. The number of hydrogen-bond donors (Lipinski definition) is 0. The molecule has 0 aliphatic carbocycles. The highest BCUT2D eigenvalue weighted by molar-refractivity contribution is 5.94. The second kappa shape index (κ2) is 10.0. The molecule has 2 aromatic rings. The van der Waals surface area contributed by atoms with Crippen molar-refractivity contribution in [1.82, 2.24) is 14.8 Å². The number of benzene rings is 1. The first kappa shape index (κ1) is 20.8. The van der Waals surface area contributed by atoms with Gasteiger partial charge in [-0.25, -0.2) is 4.98 Å². The highest BCUT2D eigenvalue weighted by Crippen LogP contribution is 2.21. The number of likely N-dealkylation sites (tertiary alicyclic amines) is 1. The van der Waals surface area contributed by atoms with Crippen LogP contribution in [0.1, 0.15) is 28.8 Å². The summed E-state index contributed by atoms with van der Waals surface area (Å²) in [6.45, 7) is 7.52. The van der Waals surface area contributed by atoms with Gasteiger partial charge in [-0.3, -0.25) is 9.69 Å². The topological polar surface area (TPSA) is 48.9 Å². The summed E-state index contributed by atoms with van der Waals surface area (Å²) >= 11 is 0. The molecule has 3 heterocycles. The van der Waals surface area contributed by atoms with Gasteiger partial charge in [0.05, 0.1) is 6.61 Å². The van der Waals surface area contributed by atoms with E-state index in [1.165, 1.54) is 6.42 Å². The number of rotatable bonds is 6. The van der Waals surface area contributed by atoms with Crippen LogP contribution >= 0.6 is 0 Å². The minimum Gasteiger partial charge on any atom is -0.380 e. The molecule has 1 atom stereocenters. The maximum Gasteiger partial charge on any atom is 0.253 e. The normalized spacial score (nSPS) is 20.4. The molecule has 6 heteroatoms. The maximum atomic E-state index is 13.0. The van der Waals surface area contributed by atoms with Crippen LogP contribution in [0.4, 0.5) is 5.82 Å². The van der Waals surface area contributed by atoms with Gasteiger partial charge in [0.2, 0.25) is 0 Å². The highest BCUT2D eigenvalue weighted by atomic mass is 16.5. The fourth-order valence-electron chi connectivity index (χ4n) is 4.56. The molecule has 2 aliphatic rings. The lowest BCUT2D eigenvalue weighted by atomic mass is 9.96. The number of piperazine rings is 1. The standard InChI is InChI=1S/C24H32N4O2/c1-30-19-20-7-9-22(10-8-20)24(29)28-12-4-5-21(18-28)17-26-13-15-27(16-14-26)23-6-2-3-11-25-23/h2-3,6-11,21H,4-5,12-19H2,1H3. The lowest BCUT2D eigenvalue weighted by Crippen LogP contribution is -2.50. The highest BCUT2D eigenvalue weighted by Gasteiger charge is 2.27. The third-order valence-corrected chi connectivity index (χ3v) is 6.18. The number of carbonyl (C=O) groups excluding carboxylic acids is 1. The first-order valence-electron chi connectivity index (χ1n) is 11.0. The number of carbonyl (C=O) groups is 1. The van der Waals surface area contributed by atoms with Gasteiger partial charge >= 0.3 is 0 Å². The van der Waals surface area contributed by atoms with E-state index >= 15 is 0 Å². The van der Waals surface area contributed by atoms with Crippen molar-refractivity contribution in [1.29, 1.82) is 0 Å². The second-order valence-electron chi connectivity index (χ2n) is 8.36. The number of piperidine rings is 1. The first-order chi connectivity index (χ1) is 14.7. The van der Waals surface area contributed by atoms with Gasteiger partial charge in [0.1, 0.15) is 5.82 Å². The average molecular weight is 409 g/mol. The number of amides is 1. The summed E-state index contributed by atoms with van der Waals surface area (Å²) in [6, 6.07) is 13.9. The molecule has 6 nitrogen and oxygen atoms in total. The van der Waals surface area contributed by atoms with Crippen LogP contribution in [0, 0.1) is 5.92 Å². The Hall–Kier alpha value is -2.44.